The topological polar surface area (TPSA) is 24.4 Å². The maximum atomic E-state index is 13.5. The number of nitrogens with zero attached hydrogens (tertiary/aromatic N) is 1. The zero-order chi connectivity index (χ0) is 12.7. The van der Waals surface area contributed by atoms with Crippen molar-refractivity contribution >= 4 is 42.0 Å². The van der Waals surface area contributed by atoms with E-state index in [1.54, 1.807) is 24.6 Å². The summed E-state index contributed by atoms with van der Waals surface area (Å²) in [5.74, 6) is 0.374. The molecule has 0 aromatic heterocycles. The van der Waals surface area contributed by atoms with Gasteiger partial charge in [-0.05, 0) is 48.7 Å². The Bertz CT molecular complexity index is 424. The van der Waals surface area contributed by atoms with E-state index in [9.17, 15) is 4.39 Å². The van der Waals surface area contributed by atoms with Gasteiger partial charge < -0.3 is 0 Å². The number of rotatable bonds is 6. The van der Waals surface area contributed by atoms with Crippen LogP contribution in [0.4, 0.5) is 4.39 Å². The number of thioether (sulfide) groups is 1. The van der Waals surface area contributed by atoms with E-state index in [0.717, 1.165) is 5.56 Å². The molecule has 0 fully saturated rings. The molecule has 1 aromatic carbocycles. The fourth-order valence-electron chi connectivity index (χ4n) is 0.982. The van der Waals surface area contributed by atoms with Gasteiger partial charge in [0, 0.05) is 11.2 Å². The minimum absolute atomic E-state index is 0.266. The van der Waals surface area contributed by atoms with Crippen molar-refractivity contribution in [2.75, 3.05) is 5.88 Å². The Kier molecular flexibility index (Phi) is 6.65. The molecule has 92 valence electrons. The lowest BCUT2D eigenvalue weighted by atomic mass is 10.2. The van der Waals surface area contributed by atoms with Gasteiger partial charge >= 0.3 is 0 Å². The molecule has 17 heavy (non-hydrogen) atoms. The molecule has 6 heteroatoms. The first kappa shape index (κ1) is 14.6. The van der Waals surface area contributed by atoms with E-state index in [1.165, 1.54) is 29.8 Å². The number of nitrogens with one attached hydrogen (secondary N) is 1. The van der Waals surface area contributed by atoms with Crippen LogP contribution < -0.4 is 4.72 Å². The summed E-state index contributed by atoms with van der Waals surface area (Å²) in [5.41, 5.74) is 0.739. The maximum Gasteiger partial charge on any atom is 0.138 e. The molecular formula is C11H12ClFN2S2. The van der Waals surface area contributed by atoms with Gasteiger partial charge in [0.05, 0.1) is 10.8 Å². The summed E-state index contributed by atoms with van der Waals surface area (Å²) >= 11 is 8.65. The lowest BCUT2D eigenvalue weighted by molar-refractivity contribution is 0.600. The van der Waals surface area contributed by atoms with Gasteiger partial charge in [0.2, 0.25) is 0 Å². The second-order valence-electron chi connectivity index (χ2n) is 3.06. The largest absolute Gasteiger partial charge is 0.272 e. The number of halogens is 2. The van der Waals surface area contributed by atoms with Crippen LogP contribution in [0.3, 0.4) is 0 Å². The summed E-state index contributed by atoms with van der Waals surface area (Å²) < 4.78 is 16.5. The van der Waals surface area contributed by atoms with Crippen molar-refractivity contribution < 1.29 is 4.39 Å². The molecule has 0 aliphatic heterocycles. The van der Waals surface area contributed by atoms with Crippen LogP contribution in [0, 0.1) is 12.7 Å². The average Bonchev–Trinajstić information content (AvgIpc) is 2.30. The summed E-state index contributed by atoms with van der Waals surface area (Å²) in [6, 6.07) is 3.05. The van der Waals surface area contributed by atoms with Crippen molar-refractivity contribution in [3.8, 4) is 0 Å². The number of hydrogen-bond donors (Lipinski definition) is 1. The van der Waals surface area contributed by atoms with Crippen LogP contribution in [0.2, 0.25) is 5.02 Å². The predicted molar refractivity (Wildman–Crippen MR) is 76.3 cm³/mol. The molecule has 1 rings (SSSR count). The molecule has 2 nitrogen and oxygen atoms in total. The van der Waals surface area contributed by atoms with Crippen molar-refractivity contribution in [2.24, 2.45) is 4.99 Å². The van der Waals surface area contributed by atoms with Gasteiger partial charge in [0.15, 0.2) is 0 Å². The van der Waals surface area contributed by atoms with E-state index in [4.69, 9.17) is 11.6 Å². The Balaban J connectivity index is 2.44. The summed E-state index contributed by atoms with van der Waals surface area (Å²) in [7, 11) is 0. The van der Waals surface area contributed by atoms with E-state index in [2.05, 4.69) is 16.4 Å². The fourth-order valence-corrected chi connectivity index (χ4v) is 2.47. The van der Waals surface area contributed by atoms with Crippen LogP contribution in [0.25, 0.3) is 0 Å². The molecule has 0 aliphatic rings. The zero-order valence-electron chi connectivity index (χ0n) is 9.24. The smallest absolute Gasteiger partial charge is 0.138 e. The Morgan fingerprint density at radius 1 is 1.59 bits per heavy atom. The van der Waals surface area contributed by atoms with Gasteiger partial charge in [-0.15, -0.1) is 11.8 Å². The summed E-state index contributed by atoms with van der Waals surface area (Å²) in [6.45, 7) is 5.09. The second-order valence-corrected chi connectivity index (χ2v) is 5.29. The Labute approximate surface area is 114 Å². The lowest BCUT2D eigenvalue weighted by Gasteiger charge is -2.06. The van der Waals surface area contributed by atoms with Crippen molar-refractivity contribution in [2.45, 2.75) is 11.8 Å². The molecule has 0 atom stereocenters. The first-order valence-electron chi connectivity index (χ1n) is 4.73. The highest BCUT2D eigenvalue weighted by Crippen LogP contribution is 2.26. The Morgan fingerprint density at radius 2 is 2.35 bits per heavy atom. The Hall–Kier alpha value is -0.490. The molecule has 0 unspecified atom stereocenters. The van der Waals surface area contributed by atoms with Crippen LogP contribution in [-0.2, 0) is 0 Å². The highest BCUT2D eigenvalue weighted by Gasteiger charge is 2.06. The lowest BCUT2D eigenvalue weighted by Crippen LogP contribution is -2.01. The minimum Gasteiger partial charge on any atom is -0.272 e. The van der Waals surface area contributed by atoms with E-state index < -0.39 is 0 Å². The van der Waals surface area contributed by atoms with Gasteiger partial charge in [0.25, 0.3) is 0 Å². The third-order valence-electron chi connectivity index (χ3n) is 1.80. The average molecular weight is 291 g/mol. The van der Waals surface area contributed by atoms with Crippen LogP contribution >= 0.6 is 35.3 Å². The standard InChI is InChI=1S/C11H12ClFN2S2/c1-8-5-10(13)11(6-9(8)12)17-15-7-16-4-3-14-2/h3-6,15H,2,7H2,1H3/b4-3-. The highest BCUT2D eigenvalue weighted by atomic mass is 35.5. The second kappa shape index (κ2) is 7.76. The van der Waals surface area contributed by atoms with Gasteiger partial charge in [-0.25, -0.2) is 9.11 Å². The first-order chi connectivity index (χ1) is 8.15. The number of aryl methyl sites for hydroxylation is 1. The van der Waals surface area contributed by atoms with E-state index in [-0.39, 0.29) is 5.82 Å². The van der Waals surface area contributed by atoms with E-state index in [0.29, 0.717) is 15.8 Å². The molecule has 0 spiro atoms. The van der Waals surface area contributed by atoms with Crippen LogP contribution in [-0.4, -0.2) is 12.6 Å². The van der Waals surface area contributed by atoms with Crippen molar-refractivity contribution in [3.63, 3.8) is 0 Å². The molecule has 0 radical (unpaired) electrons. The molecule has 1 aromatic rings. The monoisotopic (exact) mass is 290 g/mol. The summed E-state index contributed by atoms with van der Waals surface area (Å²) in [6.07, 6.45) is 1.60. The molecule has 0 bridgehead atoms. The number of aliphatic imine (C=N–C) groups is 1. The van der Waals surface area contributed by atoms with Crippen LogP contribution in [0.1, 0.15) is 5.56 Å². The Morgan fingerprint density at radius 3 is 3.06 bits per heavy atom. The third kappa shape index (κ3) is 5.12. The third-order valence-corrected chi connectivity index (χ3v) is 3.84. The van der Waals surface area contributed by atoms with Gasteiger partial charge in [-0.3, -0.25) is 4.99 Å². The molecule has 0 amide bonds. The highest BCUT2D eigenvalue weighted by molar-refractivity contribution is 8.03. The fraction of sp³-hybridized carbons (Fsp3) is 0.182. The van der Waals surface area contributed by atoms with Gasteiger partial charge in [-0.1, -0.05) is 11.6 Å². The molecule has 0 saturated heterocycles. The zero-order valence-corrected chi connectivity index (χ0v) is 11.6. The summed E-state index contributed by atoms with van der Waals surface area (Å²) in [5, 5.41) is 2.37. The molecule has 0 aliphatic carbocycles. The predicted octanol–water partition coefficient (Wildman–Crippen LogP) is 4.25. The molecule has 1 N–H and O–H groups in total. The summed E-state index contributed by atoms with van der Waals surface area (Å²) in [4.78, 5) is 4.06. The minimum atomic E-state index is -0.266. The molecule has 0 heterocycles. The van der Waals surface area contributed by atoms with E-state index >= 15 is 0 Å². The maximum absolute atomic E-state index is 13.5. The van der Waals surface area contributed by atoms with Crippen LogP contribution in [0.5, 0.6) is 0 Å². The number of hydrogen-bond acceptors (Lipinski definition) is 4. The SMILES string of the molecule is C=N/C=C\SCNSc1cc(Cl)c(C)cc1F. The van der Waals surface area contributed by atoms with Crippen LogP contribution in [0.15, 0.2) is 33.6 Å². The molecular weight excluding hydrogens is 279 g/mol. The normalized spacial score (nSPS) is 11.0. The van der Waals surface area contributed by atoms with Crippen molar-refractivity contribution in [1.82, 2.24) is 4.72 Å². The van der Waals surface area contributed by atoms with Gasteiger partial charge in [0.1, 0.15) is 5.82 Å². The van der Waals surface area contributed by atoms with E-state index in [1.807, 2.05) is 0 Å². The van der Waals surface area contributed by atoms with Gasteiger partial charge in [-0.2, -0.15) is 0 Å². The number of benzene rings is 1. The van der Waals surface area contributed by atoms with Crippen molar-refractivity contribution in [1.29, 1.82) is 0 Å². The quantitative estimate of drug-likeness (QED) is 0.367. The van der Waals surface area contributed by atoms with Crippen molar-refractivity contribution in [3.05, 3.63) is 40.1 Å². The molecule has 0 saturated carbocycles. The first-order valence-corrected chi connectivity index (χ1v) is 6.97.